The van der Waals surface area contributed by atoms with Crippen molar-refractivity contribution in [2.24, 2.45) is 5.92 Å². The Morgan fingerprint density at radius 3 is 2.42 bits per heavy atom. The summed E-state index contributed by atoms with van der Waals surface area (Å²) in [6, 6.07) is 9.45. The Kier molecular flexibility index (Phi) is 6.60. The van der Waals surface area contributed by atoms with Gasteiger partial charge in [0.1, 0.15) is 6.61 Å². The Bertz CT molecular complexity index is 568. The van der Waals surface area contributed by atoms with Gasteiger partial charge >= 0.3 is 12.2 Å². The van der Waals surface area contributed by atoms with E-state index in [1.165, 1.54) is 0 Å². The van der Waals surface area contributed by atoms with Crippen LogP contribution in [0.25, 0.3) is 0 Å². The van der Waals surface area contributed by atoms with E-state index in [-0.39, 0.29) is 31.1 Å². The number of carbonyl (C=O) groups excluding carboxylic acids is 3. The zero-order chi connectivity index (χ0) is 17.4. The first-order chi connectivity index (χ1) is 11.6. The van der Waals surface area contributed by atoms with Crippen molar-refractivity contribution in [3.63, 3.8) is 0 Å². The van der Waals surface area contributed by atoms with Crippen molar-refractivity contribution in [1.82, 2.24) is 10.2 Å². The van der Waals surface area contributed by atoms with Gasteiger partial charge in [0, 0.05) is 19.0 Å². The molecule has 1 aromatic rings. The lowest BCUT2D eigenvalue weighted by Crippen LogP contribution is -2.44. The molecule has 2 rings (SSSR count). The van der Waals surface area contributed by atoms with Crippen LogP contribution in [-0.2, 0) is 20.9 Å². The van der Waals surface area contributed by atoms with Crippen molar-refractivity contribution >= 4 is 18.1 Å². The topological polar surface area (TPSA) is 84.9 Å². The fourth-order valence-corrected chi connectivity index (χ4v) is 2.50. The highest BCUT2D eigenvalue weighted by atomic mass is 16.6. The zero-order valence-corrected chi connectivity index (χ0v) is 13.7. The third-order valence-corrected chi connectivity index (χ3v) is 3.83. The van der Waals surface area contributed by atoms with E-state index in [0.717, 1.165) is 5.56 Å². The summed E-state index contributed by atoms with van der Waals surface area (Å²) in [5.41, 5.74) is 0.926. The number of benzene rings is 1. The molecule has 130 valence electrons. The number of rotatable bonds is 4. The third-order valence-electron chi connectivity index (χ3n) is 3.83. The number of hydrogen-bond donors (Lipinski definition) is 1. The van der Waals surface area contributed by atoms with Crippen molar-refractivity contribution in [3.05, 3.63) is 35.9 Å². The second kappa shape index (κ2) is 8.90. The summed E-state index contributed by atoms with van der Waals surface area (Å²) in [6.07, 6.45) is -0.132. The maximum absolute atomic E-state index is 12.0. The Labute approximate surface area is 140 Å². The molecule has 24 heavy (non-hydrogen) atoms. The van der Waals surface area contributed by atoms with E-state index in [2.05, 4.69) is 10.1 Å². The van der Waals surface area contributed by atoms with Crippen LogP contribution in [0.2, 0.25) is 0 Å². The molecule has 0 saturated carbocycles. The number of imide groups is 1. The first kappa shape index (κ1) is 17.8. The molecule has 7 nitrogen and oxygen atoms in total. The predicted molar refractivity (Wildman–Crippen MR) is 86.1 cm³/mol. The van der Waals surface area contributed by atoms with Crippen LogP contribution in [0.1, 0.15) is 25.3 Å². The van der Waals surface area contributed by atoms with Crippen molar-refractivity contribution < 1.29 is 23.9 Å². The number of piperidine rings is 1. The van der Waals surface area contributed by atoms with Crippen LogP contribution in [0.5, 0.6) is 0 Å². The molecule has 3 amide bonds. The Hall–Kier alpha value is -2.57. The molecule has 1 fully saturated rings. The van der Waals surface area contributed by atoms with Crippen LogP contribution in [0.3, 0.4) is 0 Å². The molecule has 0 aliphatic carbocycles. The van der Waals surface area contributed by atoms with Crippen molar-refractivity contribution in [2.75, 3.05) is 19.7 Å². The minimum absolute atomic E-state index is 0.213. The smallest absolute Gasteiger partial charge is 0.413 e. The van der Waals surface area contributed by atoms with Crippen LogP contribution in [0.4, 0.5) is 9.59 Å². The van der Waals surface area contributed by atoms with Gasteiger partial charge in [-0.2, -0.15) is 0 Å². The zero-order valence-electron chi connectivity index (χ0n) is 13.7. The van der Waals surface area contributed by atoms with Gasteiger partial charge in [-0.25, -0.2) is 9.59 Å². The van der Waals surface area contributed by atoms with Crippen molar-refractivity contribution in [3.8, 4) is 0 Å². The number of likely N-dealkylation sites (tertiary alicyclic amines) is 1. The summed E-state index contributed by atoms with van der Waals surface area (Å²) in [5.74, 6) is -0.654. The molecule has 0 bridgehead atoms. The number of nitrogens with one attached hydrogen (secondary N) is 1. The predicted octanol–water partition coefficient (Wildman–Crippen LogP) is 2.31. The number of nitrogens with zero attached hydrogens (tertiary/aromatic N) is 1. The normalized spacial score (nSPS) is 14.8. The monoisotopic (exact) mass is 334 g/mol. The van der Waals surface area contributed by atoms with E-state index in [1.807, 2.05) is 30.3 Å². The molecule has 1 N–H and O–H groups in total. The number of carbonyl (C=O) groups is 3. The highest BCUT2D eigenvalue weighted by Crippen LogP contribution is 2.18. The number of ether oxygens (including phenoxy) is 2. The maximum atomic E-state index is 12.0. The van der Waals surface area contributed by atoms with Crippen molar-refractivity contribution in [2.45, 2.75) is 26.4 Å². The van der Waals surface area contributed by atoms with Gasteiger partial charge in [0.2, 0.25) is 5.91 Å². The Balaban J connectivity index is 1.72. The molecule has 7 heteroatoms. The van der Waals surface area contributed by atoms with Gasteiger partial charge in [0.05, 0.1) is 6.61 Å². The molecule has 1 aromatic carbocycles. The lowest BCUT2D eigenvalue weighted by Gasteiger charge is -2.30. The Morgan fingerprint density at radius 1 is 1.12 bits per heavy atom. The van der Waals surface area contributed by atoms with Gasteiger partial charge in [0.15, 0.2) is 0 Å². The molecule has 0 unspecified atom stereocenters. The van der Waals surface area contributed by atoms with Gasteiger partial charge in [-0.15, -0.1) is 0 Å². The fourth-order valence-electron chi connectivity index (χ4n) is 2.50. The first-order valence-corrected chi connectivity index (χ1v) is 8.03. The van der Waals surface area contributed by atoms with E-state index in [1.54, 1.807) is 11.8 Å². The summed E-state index contributed by atoms with van der Waals surface area (Å²) in [5, 5.41) is 2.21. The number of amides is 3. The molecule has 0 spiro atoms. The highest BCUT2D eigenvalue weighted by Gasteiger charge is 2.29. The average Bonchev–Trinajstić information content (AvgIpc) is 2.61. The minimum atomic E-state index is -0.729. The average molecular weight is 334 g/mol. The quantitative estimate of drug-likeness (QED) is 0.913. The fraction of sp³-hybridized carbons (Fsp3) is 0.471. The van der Waals surface area contributed by atoms with Gasteiger partial charge in [-0.3, -0.25) is 10.1 Å². The van der Waals surface area contributed by atoms with Crippen LogP contribution >= 0.6 is 0 Å². The Morgan fingerprint density at radius 2 is 1.79 bits per heavy atom. The van der Waals surface area contributed by atoms with Gasteiger partial charge in [-0.05, 0) is 25.3 Å². The molecule has 1 aliphatic heterocycles. The van der Waals surface area contributed by atoms with E-state index >= 15 is 0 Å². The minimum Gasteiger partial charge on any atom is -0.450 e. The van der Waals surface area contributed by atoms with Gasteiger partial charge in [0.25, 0.3) is 0 Å². The SMILES string of the molecule is CCOC(=O)NC(=O)C1CCN(C(=O)OCc2ccccc2)CC1. The number of hydrogen-bond acceptors (Lipinski definition) is 5. The van der Waals surface area contributed by atoms with E-state index < -0.39 is 6.09 Å². The summed E-state index contributed by atoms with van der Waals surface area (Å²) < 4.78 is 9.95. The molecular formula is C17H22N2O5. The molecular weight excluding hydrogens is 312 g/mol. The van der Waals surface area contributed by atoms with Gasteiger partial charge < -0.3 is 14.4 Å². The second-order valence-corrected chi connectivity index (χ2v) is 5.51. The van der Waals surface area contributed by atoms with Crippen LogP contribution in [-0.4, -0.2) is 42.7 Å². The van der Waals surface area contributed by atoms with Gasteiger partial charge in [-0.1, -0.05) is 30.3 Å². The summed E-state index contributed by atoms with van der Waals surface area (Å²) in [4.78, 5) is 36.8. The highest BCUT2D eigenvalue weighted by molar-refractivity contribution is 5.93. The van der Waals surface area contributed by atoms with E-state index in [9.17, 15) is 14.4 Å². The summed E-state index contributed by atoms with van der Waals surface area (Å²) >= 11 is 0. The second-order valence-electron chi connectivity index (χ2n) is 5.51. The largest absolute Gasteiger partial charge is 0.450 e. The molecule has 0 atom stereocenters. The molecule has 1 saturated heterocycles. The third kappa shape index (κ3) is 5.26. The molecule has 0 aromatic heterocycles. The number of alkyl carbamates (subject to hydrolysis) is 1. The standard InChI is InChI=1S/C17H22N2O5/c1-2-23-16(21)18-15(20)14-8-10-19(11-9-14)17(22)24-12-13-6-4-3-5-7-13/h3-7,14H,2,8-12H2,1H3,(H,18,20,21). The van der Waals surface area contributed by atoms with Crippen molar-refractivity contribution in [1.29, 1.82) is 0 Å². The molecule has 1 heterocycles. The molecule has 0 radical (unpaired) electrons. The van der Waals surface area contributed by atoms with E-state index in [0.29, 0.717) is 25.9 Å². The maximum Gasteiger partial charge on any atom is 0.413 e. The van der Waals surface area contributed by atoms with Crippen LogP contribution in [0.15, 0.2) is 30.3 Å². The van der Waals surface area contributed by atoms with Crippen LogP contribution in [0, 0.1) is 5.92 Å². The summed E-state index contributed by atoms with van der Waals surface area (Å²) in [7, 11) is 0. The lowest BCUT2D eigenvalue weighted by molar-refractivity contribution is -0.125. The van der Waals surface area contributed by atoms with Crippen LogP contribution < -0.4 is 5.32 Å². The van der Waals surface area contributed by atoms with E-state index in [4.69, 9.17) is 4.74 Å². The summed E-state index contributed by atoms with van der Waals surface area (Å²) in [6.45, 7) is 2.96. The lowest BCUT2D eigenvalue weighted by atomic mass is 9.96. The molecule has 1 aliphatic rings. The first-order valence-electron chi connectivity index (χ1n) is 8.03.